The summed E-state index contributed by atoms with van der Waals surface area (Å²) in [6, 6.07) is 6.70. The average molecular weight is 244 g/mol. The van der Waals surface area contributed by atoms with Gasteiger partial charge in [-0.2, -0.15) is 0 Å². The first-order valence-corrected chi connectivity index (χ1v) is 6.79. The Morgan fingerprint density at radius 2 is 2.18 bits per heavy atom. The van der Waals surface area contributed by atoms with E-state index in [1.54, 1.807) is 11.3 Å². The van der Waals surface area contributed by atoms with Crippen LogP contribution in [0.3, 0.4) is 0 Å². The van der Waals surface area contributed by atoms with Gasteiger partial charge in [0.1, 0.15) is 0 Å². The van der Waals surface area contributed by atoms with Crippen LogP contribution >= 0.6 is 11.3 Å². The van der Waals surface area contributed by atoms with Gasteiger partial charge in [0.05, 0.1) is 5.69 Å². The van der Waals surface area contributed by atoms with Gasteiger partial charge in [0.15, 0.2) is 5.13 Å². The zero-order valence-electron chi connectivity index (χ0n) is 10.2. The number of rotatable bonds is 1. The standard InChI is InChI=1S/C14H16N2S/c1-8-3-4-9(2)11(7-8)10-5-6-12-13(10)17-14(15)16-12/h3-4,7,10H,5-6H2,1-2H3,(H2,15,16). The summed E-state index contributed by atoms with van der Waals surface area (Å²) in [7, 11) is 0. The van der Waals surface area contributed by atoms with Gasteiger partial charge >= 0.3 is 0 Å². The van der Waals surface area contributed by atoms with E-state index >= 15 is 0 Å². The molecule has 2 N–H and O–H groups in total. The van der Waals surface area contributed by atoms with Gasteiger partial charge in [0.25, 0.3) is 0 Å². The summed E-state index contributed by atoms with van der Waals surface area (Å²) in [6.45, 7) is 4.34. The molecule has 2 aromatic rings. The minimum Gasteiger partial charge on any atom is -0.375 e. The summed E-state index contributed by atoms with van der Waals surface area (Å²) in [5.74, 6) is 0.514. The van der Waals surface area contributed by atoms with Gasteiger partial charge in [0, 0.05) is 10.8 Å². The lowest BCUT2D eigenvalue weighted by atomic mass is 9.93. The lowest BCUT2D eigenvalue weighted by Crippen LogP contribution is -1.98. The average Bonchev–Trinajstić information content (AvgIpc) is 2.80. The summed E-state index contributed by atoms with van der Waals surface area (Å²) in [4.78, 5) is 5.80. The van der Waals surface area contributed by atoms with Crippen LogP contribution in [-0.2, 0) is 6.42 Å². The molecule has 0 saturated carbocycles. The maximum absolute atomic E-state index is 5.80. The number of hydrogen-bond acceptors (Lipinski definition) is 3. The first-order chi connectivity index (χ1) is 8.15. The zero-order valence-corrected chi connectivity index (χ0v) is 11.0. The van der Waals surface area contributed by atoms with Crippen molar-refractivity contribution in [3.05, 3.63) is 45.5 Å². The Bertz CT molecular complexity index is 572. The van der Waals surface area contributed by atoms with E-state index in [2.05, 4.69) is 37.0 Å². The van der Waals surface area contributed by atoms with E-state index in [0.29, 0.717) is 11.0 Å². The number of thiazole rings is 1. The van der Waals surface area contributed by atoms with Crippen molar-refractivity contribution < 1.29 is 0 Å². The molecule has 1 aliphatic carbocycles. The molecule has 0 amide bonds. The van der Waals surface area contributed by atoms with Crippen molar-refractivity contribution in [3.63, 3.8) is 0 Å². The minimum atomic E-state index is 0.514. The molecular formula is C14H16N2S. The molecule has 17 heavy (non-hydrogen) atoms. The highest BCUT2D eigenvalue weighted by Gasteiger charge is 2.28. The predicted octanol–water partition coefficient (Wildman–Crippen LogP) is 3.42. The Labute approximate surface area is 106 Å². The van der Waals surface area contributed by atoms with Gasteiger partial charge < -0.3 is 5.73 Å². The number of aryl methyl sites for hydroxylation is 3. The molecule has 1 atom stereocenters. The van der Waals surface area contributed by atoms with Gasteiger partial charge in [-0.1, -0.05) is 23.8 Å². The molecule has 88 valence electrons. The van der Waals surface area contributed by atoms with Crippen LogP contribution in [0.25, 0.3) is 0 Å². The van der Waals surface area contributed by atoms with Gasteiger partial charge in [-0.15, -0.1) is 11.3 Å². The number of nitrogens with two attached hydrogens (primary N) is 1. The van der Waals surface area contributed by atoms with Crippen molar-refractivity contribution in [2.45, 2.75) is 32.6 Å². The molecule has 0 bridgehead atoms. The van der Waals surface area contributed by atoms with Crippen LogP contribution in [-0.4, -0.2) is 4.98 Å². The second kappa shape index (κ2) is 3.84. The summed E-state index contributed by atoms with van der Waals surface area (Å²) in [6.07, 6.45) is 2.25. The van der Waals surface area contributed by atoms with E-state index in [4.69, 9.17) is 5.73 Å². The number of anilines is 1. The molecule has 1 aromatic heterocycles. The van der Waals surface area contributed by atoms with E-state index in [1.807, 2.05) is 0 Å². The summed E-state index contributed by atoms with van der Waals surface area (Å²) in [5.41, 5.74) is 11.2. The number of fused-ring (bicyclic) bond motifs is 1. The predicted molar refractivity (Wildman–Crippen MR) is 72.6 cm³/mol. The van der Waals surface area contributed by atoms with E-state index < -0.39 is 0 Å². The third kappa shape index (κ3) is 1.75. The van der Waals surface area contributed by atoms with Crippen LogP contribution in [0.5, 0.6) is 0 Å². The molecular weight excluding hydrogens is 228 g/mol. The van der Waals surface area contributed by atoms with Crippen LogP contribution in [0.4, 0.5) is 5.13 Å². The SMILES string of the molecule is Cc1ccc(C)c(C2CCc3nc(N)sc32)c1. The maximum Gasteiger partial charge on any atom is 0.180 e. The van der Waals surface area contributed by atoms with Crippen LogP contribution in [0, 0.1) is 13.8 Å². The van der Waals surface area contributed by atoms with Crippen LogP contribution in [0.1, 0.15) is 39.6 Å². The van der Waals surface area contributed by atoms with Crippen molar-refractivity contribution in [1.29, 1.82) is 0 Å². The summed E-state index contributed by atoms with van der Waals surface area (Å²) in [5, 5.41) is 0.713. The number of aromatic nitrogens is 1. The van der Waals surface area contributed by atoms with E-state index in [1.165, 1.54) is 33.7 Å². The van der Waals surface area contributed by atoms with Gasteiger partial charge in [-0.05, 0) is 37.8 Å². The van der Waals surface area contributed by atoms with E-state index in [9.17, 15) is 0 Å². The van der Waals surface area contributed by atoms with Crippen molar-refractivity contribution in [2.75, 3.05) is 5.73 Å². The molecule has 3 rings (SSSR count). The van der Waals surface area contributed by atoms with Crippen molar-refractivity contribution in [2.24, 2.45) is 0 Å². The molecule has 1 heterocycles. The first-order valence-electron chi connectivity index (χ1n) is 5.97. The Morgan fingerprint density at radius 1 is 1.35 bits per heavy atom. The molecule has 0 saturated heterocycles. The minimum absolute atomic E-state index is 0.514. The van der Waals surface area contributed by atoms with Gasteiger partial charge in [0.2, 0.25) is 0 Å². The zero-order chi connectivity index (χ0) is 12.0. The third-order valence-corrected chi connectivity index (χ3v) is 4.58. The molecule has 0 aliphatic heterocycles. The molecule has 1 unspecified atom stereocenters. The molecule has 1 aliphatic rings. The van der Waals surface area contributed by atoms with Crippen LogP contribution in [0.2, 0.25) is 0 Å². The van der Waals surface area contributed by atoms with Crippen LogP contribution < -0.4 is 5.73 Å². The highest BCUT2D eigenvalue weighted by Crippen LogP contribution is 2.43. The fourth-order valence-corrected chi connectivity index (χ4v) is 3.71. The maximum atomic E-state index is 5.80. The first kappa shape index (κ1) is 10.8. The largest absolute Gasteiger partial charge is 0.375 e. The Kier molecular flexibility index (Phi) is 2.44. The lowest BCUT2D eigenvalue weighted by Gasteiger charge is -2.14. The normalized spacial score (nSPS) is 18.4. The molecule has 2 nitrogen and oxygen atoms in total. The highest BCUT2D eigenvalue weighted by atomic mass is 32.1. The Morgan fingerprint density at radius 3 is 3.00 bits per heavy atom. The fraction of sp³-hybridized carbons (Fsp3) is 0.357. The molecule has 0 fully saturated rings. The number of benzene rings is 1. The quantitative estimate of drug-likeness (QED) is 0.834. The van der Waals surface area contributed by atoms with Gasteiger partial charge in [-0.25, -0.2) is 4.98 Å². The van der Waals surface area contributed by atoms with Crippen molar-refractivity contribution in [1.82, 2.24) is 4.98 Å². The lowest BCUT2D eigenvalue weighted by molar-refractivity contribution is 0.784. The van der Waals surface area contributed by atoms with Crippen LogP contribution in [0.15, 0.2) is 18.2 Å². The Balaban J connectivity index is 2.09. The fourth-order valence-electron chi connectivity index (χ4n) is 2.68. The third-order valence-electron chi connectivity index (χ3n) is 3.54. The monoisotopic (exact) mass is 244 g/mol. The van der Waals surface area contributed by atoms with E-state index in [0.717, 1.165) is 6.42 Å². The number of nitrogens with zero attached hydrogens (tertiary/aromatic N) is 1. The topological polar surface area (TPSA) is 38.9 Å². The second-order valence-corrected chi connectivity index (χ2v) is 5.88. The number of hydrogen-bond donors (Lipinski definition) is 1. The summed E-state index contributed by atoms with van der Waals surface area (Å²) >= 11 is 1.66. The molecule has 1 aromatic carbocycles. The van der Waals surface area contributed by atoms with Gasteiger partial charge in [-0.3, -0.25) is 0 Å². The Hall–Kier alpha value is -1.35. The second-order valence-electron chi connectivity index (χ2n) is 4.81. The smallest absolute Gasteiger partial charge is 0.180 e. The van der Waals surface area contributed by atoms with E-state index in [-0.39, 0.29) is 0 Å². The molecule has 0 radical (unpaired) electrons. The molecule has 0 spiro atoms. The highest BCUT2D eigenvalue weighted by molar-refractivity contribution is 7.15. The van der Waals surface area contributed by atoms with Crippen molar-refractivity contribution >= 4 is 16.5 Å². The van der Waals surface area contributed by atoms with Crippen molar-refractivity contribution in [3.8, 4) is 0 Å². The summed E-state index contributed by atoms with van der Waals surface area (Å²) < 4.78 is 0. The molecule has 3 heteroatoms. The number of nitrogen functional groups attached to an aromatic ring is 1.